The molecule has 1 fully saturated rings. The Hall–Kier alpha value is -1.51. The van der Waals surface area contributed by atoms with Crippen molar-refractivity contribution in [1.29, 1.82) is 0 Å². The number of aryl methyl sites for hydroxylation is 2. The lowest BCUT2D eigenvalue weighted by Gasteiger charge is -2.31. The molecule has 1 unspecified atom stereocenters. The molecular weight excluding hydrogens is 346 g/mol. The minimum atomic E-state index is -3.45. The molecule has 0 spiro atoms. The topological polar surface area (TPSA) is 72.4 Å². The molecule has 0 saturated carbocycles. The smallest absolute Gasteiger partial charge is 0.252 e. The molecule has 0 radical (unpaired) electrons. The molecule has 0 aromatic carbocycles. The van der Waals surface area contributed by atoms with E-state index >= 15 is 0 Å². The van der Waals surface area contributed by atoms with E-state index in [9.17, 15) is 8.42 Å². The standard InChI is InChI=1S/C16H21N3O3S2/c1-3-14-6-7-16(23-14)24(20,21)19-10-4-5-13(11-19)22-15-8-9-17-12(2)18-15/h6-9,13H,3-5,10-11H2,1-2H3. The molecule has 0 amide bonds. The third-order valence-electron chi connectivity index (χ3n) is 3.96. The highest BCUT2D eigenvalue weighted by atomic mass is 32.2. The SMILES string of the molecule is CCc1ccc(S(=O)(=O)N2CCCC(Oc3ccnc(C)n3)C2)s1. The highest BCUT2D eigenvalue weighted by Gasteiger charge is 2.32. The van der Waals surface area contributed by atoms with Crippen LogP contribution in [0.2, 0.25) is 0 Å². The quantitative estimate of drug-likeness (QED) is 0.812. The minimum Gasteiger partial charge on any atom is -0.473 e. The van der Waals surface area contributed by atoms with Gasteiger partial charge < -0.3 is 4.74 Å². The molecule has 1 atom stereocenters. The number of aromatic nitrogens is 2. The van der Waals surface area contributed by atoms with Crippen molar-refractivity contribution in [2.75, 3.05) is 13.1 Å². The first-order chi connectivity index (χ1) is 11.5. The van der Waals surface area contributed by atoms with Crippen LogP contribution in [-0.4, -0.2) is 41.9 Å². The van der Waals surface area contributed by atoms with Crippen LogP contribution < -0.4 is 4.74 Å². The van der Waals surface area contributed by atoms with Crippen LogP contribution in [0.3, 0.4) is 0 Å². The number of hydrogen-bond acceptors (Lipinski definition) is 6. The second kappa shape index (κ2) is 7.16. The normalized spacial score (nSPS) is 19.3. The van der Waals surface area contributed by atoms with E-state index in [0.717, 1.165) is 24.1 Å². The fraction of sp³-hybridized carbons (Fsp3) is 0.500. The highest BCUT2D eigenvalue weighted by Crippen LogP contribution is 2.28. The van der Waals surface area contributed by atoms with Gasteiger partial charge in [0.25, 0.3) is 10.0 Å². The molecule has 1 saturated heterocycles. The van der Waals surface area contributed by atoms with Gasteiger partial charge in [-0.25, -0.2) is 13.4 Å². The van der Waals surface area contributed by atoms with Crippen LogP contribution in [0, 0.1) is 6.92 Å². The van der Waals surface area contributed by atoms with Gasteiger partial charge in [-0.3, -0.25) is 0 Å². The second-order valence-corrected chi connectivity index (χ2v) is 9.09. The Bertz CT molecular complexity index is 804. The third-order valence-corrected chi connectivity index (χ3v) is 7.52. The molecule has 3 heterocycles. The second-order valence-electron chi connectivity index (χ2n) is 5.76. The first-order valence-corrected chi connectivity index (χ1v) is 10.3. The van der Waals surface area contributed by atoms with Gasteiger partial charge in [-0.05, 0) is 38.3 Å². The zero-order chi connectivity index (χ0) is 17.2. The highest BCUT2D eigenvalue weighted by molar-refractivity contribution is 7.91. The van der Waals surface area contributed by atoms with Crippen molar-refractivity contribution < 1.29 is 13.2 Å². The molecule has 130 valence electrons. The Labute approximate surface area is 146 Å². The van der Waals surface area contributed by atoms with E-state index in [1.807, 2.05) is 13.0 Å². The van der Waals surface area contributed by atoms with Gasteiger partial charge in [0.1, 0.15) is 16.1 Å². The number of hydrogen-bond donors (Lipinski definition) is 0. The molecule has 8 heteroatoms. The van der Waals surface area contributed by atoms with Gasteiger partial charge in [-0.2, -0.15) is 9.29 Å². The monoisotopic (exact) mass is 367 g/mol. The number of piperidine rings is 1. The van der Waals surface area contributed by atoms with Crippen molar-refractivity contribution in [1.82, 2.24) is 14.3 Å². The molecule has 6 nitrogen and oxygen atoms in total. The van der Waals surface area contributed by atoms with Gasteiger partial charge >= 0.3 is 0 Å². The third kappa shape index (κ3) is 3.76. The van der Waals surface area contributed by atoms with Crippen LogP contribution in [0.4, 0.5) is 0 Å². The van der Waals surface area contributed by atoms with Gasteiger partial charge in [0, 0.05) is 23.7 Å². The minimum absolute atomic E-state index is 0.187. The largest absolute Gasteiger partial charge is 0.473 e. The number of ether oxygens (including phenoxy) is 1. The molecule has 0 bridgehead atoms. The van der Waals surface area contributed by atoms with Gasteiger partial charge in [0.15, 0.2) is 0 Å². The molecule has 2 aromatic rings. The zero-order valence-electron chi connectivity index (χ0n) is 13.8. The van der Waals surface area contributed by atoms with Gasteiger partial charge in [-0.15, -0.1) is 11.3 Å². The van der Waals surface area contributed by atoms with Gasteiger partial charge in [-0.1, -0.05) is 6.92 Å². The number of nitrogens with zero attached hydrogens (tertiary/aromatic N) is 3. The van der Waals surface area contributed by atoms with Crippen molar-refractivity contribution in [2.45, 2.75) is 43.4 Å². The predicted octanol–water partition coefficient (Wildman–Crippen LogP) is 2.64. The maximum atomic E-state index is 12.8. The van der Waals surface area contributed by atoms with E-state index in [4.69, 9.17) is 4.74 Å². The fourth-order valence-corrected chi connectivity index (χ4v) is 5.66. The molecule has 1 aliphatic rings. The Morgan fingerprint density at radius 2 is 2.21 bits per heavy atom. The summed E-state index contributed by atoms with van der Waals surface area (Å²) in [6.45, 7) is 4.71. The summed E-state index contributed by atoms with van der Waals surface area (Å²) in [6.07, 6.45) is 3.90. The maximum absolute atomic E-state index is 12.8. The summed E-state index contributed by atoms with van der Waals surface area (Å²) in [7, 11) is -3.45. The summed E-state index contributed by atoms with van der Waals surface area (Å²) < 4.78 is 33.5. The van der Waals surface area contributed by atoms with Crippen molar-refractivity contribution in [3.05, 3.63) is 35.1 Å². The van der Waals surface area contributed by atoms with Crippen molar-refractivity contribution in [3.8, 4) is 5.88 Å². The Kier molecular flexibility index (Phi) is 5.17. The Morgan fingerprint density at radius 3 is 2.92 bits per heavy atom. The van der Waals surface area contributed by atoms with Crippen LogP contribution in [0.1, 0.15) is 30.5 Å². The number of sulfonamides is 1. The lowest BCUT2D eigenvalue weighted by Crippen LogP contribution is -2.44. The molecule has 2 aromatic heterocycles. The van der Waals surface area contributed by atoms with E-state index < -0.39 is 10.0 Å². The summed E-state index contributed by atoms with van der Waals surface area (Å²) in [4.78, 5) is 9.35. The molecule has 24 heavy (non-hydrogen) atoms. The molecule has 3 rings (SSSR count). The van der Waals surface area contributed by atoms with Crippen LogP contribution >= 0.6 is 11.3 Å². The summed E-state index contributed by atoms with van der Waals surface area (Å²) >= 11 is 1.35. The molecule has 1 aliphatic heterocycles. The van der Waals surface area contributed by atoms with Gasteiger partial charge in [0.2, 0.25) is 5.88 Å². The van der Waals surface area contributed by atoms with E-state index in [1.165, 1.54) is 15.6 Å². The lowest BCUT2D eigenvalue weighted by atomic mass is 10.1. The summed E-state index contributed by atoms with van der Waals surface area (Å²) in [5.41, 5.74) is 0. The van der Waals surface area contributed by atoms with Crippen molar-refractivity contribution in [2.24, 2.45) is 0 Å². The van der Waals surface area contributed by atoms with Crippen LogP contribution in [-0.2, 0) is 16.4 Å². The average Bonchev–Trinajstić information content (AvgIpc) is 3.05. The lowest BCUT2D eigenvalue weighted by molar-refractivity contribution is 0.124. The molecule has 0 N–H and O–H groups in total. The van der Waals surface area contributed by atoms with Crippen LogP contribution in [0.15, 0.2) is 28.6 Å². The number of rotatable bonds is 5. The summed E-state index contributed by atoms with van der Waals surface area (Å²) in [5, 5.41) is 0. The first kappa shape index (κ1) is 17.3. The predicted molar refractivity (Wildman–Crippen MR) is 92.9 cm³/mol. The fourth-order valence-electron chi connectivity index (χ4n) is 2.70. The Balaban J connectivity index is 1.72. The van der Waals surface area contributed by atoms with E-state index in [-0.39, 0.29) is 6.10 Å². The Morgan fingerprint density at radius 1 is 1.38 bits per heavy atom. The molecular formula is C16H21N3O3S2. The first-order valence-electron chi connectivity index (χ1n) is 8.04. The van der Waals surface area contributed by atoms with E-state index in [2.05, 4.69) is 9.97 Å². The average molecular weight is 367 g/mol. The van der Waals surface area contributed by atoms with Gasteiger partial charge in [0.05, 0.1) is 6.54 Å². The number of thiophene rings is 1. The van der Waals surface area contributed by atoms with E-state index in [1.54, 1.807) is 25.3 Å². The van der Waals surface area contributed by atoms with Crippen LogP contribution in [0.5, 0.6) is 5.88 Å². The maximum Gasteiger partial charge on any atom is 0.252 e. The zero-order valence-corrected chi connectivity index (χ0v) is 15.4. The summed E-state index contributed by atoms with van der Waals surface area (Å²) in [5.74, 6) is 1.13. The van der Waals surface area contributed by atoms with Crippen molar-refractivity contribution >= 4 is 21.4 Å². The molecule has 0 aliphatic carbocycles. The van der Waals surface area contributed by atoms with Crippen LogP contribution in [0.25, 0.3) is 0 Å². The van der Waals surface area contributed by atoms with Crippen molar-refractivity contribution in [3.63, 3.8) is 0 Å². The summed E-state index contributed by atoms with van der Waals surface area (Å²) in [6, 6.07) is 5.30. The van der Waals surface area contributed by atoms with E-state index in [0.29, 0.717) is 29.0 Å².